The normalized spacial score (nSPS) is 27.1. The van der Waals surface area contributed by atoms with Crippen LogP contribution in [0.5, 0.6) is 0 Å². The lowest BCUT2D eigenvalue weighted by atomic mass is 9.88. The molecule has 1 aliphatic rings. The first-order valence-electron chi connectivity index (χ1n) is 8.76. The van der Waals surface area contributed by atoms with Crippen molar-refractivity contribution in [2.45, 2.75) is 56.5 Å². The first kappa shape index (κ1) is 19.1. The Bertz CT molecular complexity index is 505. The monoisotopic (exact) mass is 335 g/mol. The molecule has 0 aromatic heterocycles. The molecule has 0 amide bonds. The fourth-order valence-corrected chi connectivity index (χ4v) is 3.09. The lowest BCUT2D eigenvalue weighted by Gasteiger charge is -2.34. The van der Waals surface area contributed by atoms with E-state index in [1.165, 1.54) is 5.56 Å². The summed E-state index contributed by atoms with van der Waals surface area (Å²) in [6.07, 6.45) is 3.61. The standard InChI is InChI=1S/C19H29NO4/c21-13-15-12-16(18(23)19(24)17(15)22)20-11-7-2-1-4-8-14-9-5-3-6-10-14/h3,5-6,9-10,12,16-24H,1-2,4,7-8,11,13H2. The van der Waals surface area contributed by atoms with Gasteiger partial charge in [-0.3, -0.25) is 0 Å². The molecule has 0 fully saturated rings. The van der Waals surface area contributed by atoms with Crippen molar-refractivity contribution in [2.24, 2.45) is 0 Å². The summed E-state index contributed by atoms with van der Waals surface area (Å²) in [6.45, 7) is 0.410. The predicted molar refractivity (Wildman–Crippen MR) is 93.6 cm³/mol. The number of benzene rings is 1. The van der Waals surface area contributed by atoms with Crippen LogP contribution in [-0.2, 0) is 6.42 Å². The maximum Gasteiger partial charge on any atom is 0.111 e. The van der Waals surface area contributed by atoms with E-state index < -0.39 is 24.4 Å². The Morgan fingerprint density at radius 1 is 0.875 bits per heavy atom. The van der Waals surface area contributed by atoms with Crippen LogP contribution in [0.2, 0.25) is 0 Å². The van der Waals surface area contributed by atoms with Gasteiger partial charge in [0.15, 0.2) is 0 Å². The van der Waals surface area contributed by atoms with Crippen LogP contribution in [0.3, 0.4) is 0 Å². The molecule has 4 atom stereocenters. The third-order valence-corrected chi connectivity index (χ3v) is 4.61. The van der Waals surface area contributed by atoms with Crippen molar-refractivity contribution in [3.63, 3.8) is 0 Å². The summed E-state index contributed by atoms with van der Waals surface area (Å²) in [7, 11) is 0. The second-order valence-corrected chi connectivity index (χ2v) is 6.46. The molecule has 4 unspecified atom stereocenters. The van der Waals surface area contributed by atoms with Crippen molar-refractivity contribution < 1.29 is 20.4 Å². The van der Waals surface area contributed by atoms with Gasteiger partial charge >= 0.3 is 0 Å². The largest absolute Gasteiger partial charge is 0.392 e. The number of hydrogen-bond acceptors (Lipinski definition) is 5. The van der Waals surface area contributed by atoms with Gasteiger partial charge in [-0.1, -0.05) is 49.2 Å². The molecule has 0 spiro atoms. The first-order chi connectivity index (χ1) is 11.6. The second-order valence-electron chi connectivity index (χ2n) is 6.46. The van der Waals surface area contributed by atoms with Crippen LogP contribution >= 0.6 is 0 Å². The van der Waals surface area contributed by atoms with Crippen LogP contribution in [0.15, 0.2) is 42.0 Å². The Morgan fingerprint density at radius 2 is 1.58 bits per heavy atom. The summed E-state index contributed by atoms with van der Waals surface area (Å²) in [5.74, 6) is 0. The van der Waals surface area contributed by atoms with Gasteiger partial charge in [-0.05, 0) is 36.9 Å². The molecule has 5 heteroatoms. The Kier molecular flexibility index (Phi) is 7.88. The van der Waals surface area contributed by atoms with Crippen molar-refractivity contribution in [1.29, 1.82) is 0 Å². The van der Waals surface area contributed by atoms with Gasteiger partial charge in [-0.15, -0.1) is 0 Å². The fourth-order valence-electron chi connectivity index (χ4n) is 3.09. The van der Waals surface area contributed by atoms with Gasteiger partial charge in [-0.25, -0.2) is 0 Å². The Labute approximate surface area is 143 Å². The molecule has 1 aromatic rings. The molecule has 0 heterocycles. The molecule has 134 valence electrons. The van der Waals surface area contributed by atoms with E-state index >= 15 is 0 Å². The minimum Gasteiger partial charge on any atom is -0.392 e. The highest BCUT2D eigenvalue weighted by Gasteiger charge is 2.36. The van der Waals surface area contributed by atoms with E-state index in [1.807, 2.05) is 6.07 Å². The molecule has 5 N–H and O–H groups in total. The zero-order valence-corrected chi connectivity index (χ0v) is 14.0. The van der Waals surface area contributed by atoms with E-state index in [0.717, 1.165) is 38.6 Å². The van der Waals surface area contributed by atoms with Crippen LogP contribution in [-0.4, -0.2) is 57.9 Å². The number of rotatable bonds is 9. The van der Waals surface area contributed by atoms with Gasteiger partial charge in [0.2, 0.25) is 0 Å². The number of unbranched alkanes of at least 4 members (excludes halogenated alkanes) is 3. The molecule has 0 radical (unpaired) electrons. The topological polar surface area (TPSA) is 93.0 Å². The van der Waals surface area contributed by atoms with Gasteiger partial charge in [0.05, 0.1) is 12.6 Å². The SMILES string of the molecule is OCC1=CC(NCCCCCCc2ccccc2)C(O)C(O)C1O. The van der Waals surface area contributed by atoms with Crippen molar-refractivity contribution in [2.75, 3.05) is 13.2 Å². The maximum absolute atomic E-state index is 9.99. The summed E-state index contributed by atoms with van der Waals surface area (Å²) in [4.78, 5) is 0. The zero-order valence-electron chi connectivity index (χ0n) is 14.0. The lowest BCUT2D eigenvalue weighted by molar-refractivity contribution is -0.0641. The minimum atomic E-state index is -1.26. The Morgan fingerprint density at radius 3 is 2.29 bits per heavy atom. The number of nitrogens with one attached hydrogen (secondary N) is 1. The summed E-state index contributed by atoms with van der Waals surface area (Å²) in [5.41, 5.74) is 1.73. The molecule has 0 saturated carbocycles. The van der Waals surface area contributed by atoms with Crippen molar-refractivity contribution in [3.05, 3.63) is 47.5 Å². The molecule has 1 aliphatic carbocycles. The molecule has 0 aliphatic heterocycles. The lowest BCUT2D eigenvalue weighted by Crippen LogP contribution is -2.54. The highest BCUT2D eigenvalue weighted by molar-refractivity contribution is 5.21. The maximum atomic E-state index is 9.99. The molecular formula is C19H29NO4. The van der Waals surface area contributed by atoms with Gasteiger partial charge in [-0.2, -0.15) is 0 Å². The number of aliphatic hydroxyl groups is 4. The van der Waals surface area contributed by atoms with Crippen LogP contribution in [0.1, 0.15) is 31.2 Å². The van der Waals surface area contributed by atoms with Crippen molar-refractivity contribution in [1.82, 2.24) is 5.32 Å². The highest BCUT2D eigenvalue weighted by Crippen LogP contribution is 2.20. The van der Waals surface area contributed by atoms with E-state index in [-0.39, 0.29) is 6.61 Å². The van der Waals surface area contributed by atoms with Gasteiger partial charge in [0.25, 0.3) is 0 Å². The third-order valence-electron chi connectivity index (χ3n) is 4.61. The molecule has 2 rings (SSSR count). The van der Waals surface area contributed by atoms with E-state index in [4.69, 9.17) is 0 Å². The van der Waals surface area contributed by atoms with E-state index in [2.05, 4.69) is 29.6 Å². The average molecular weight is 335 g/mol. The average Bonchev–Trinajstić information content (AvgIpc) is 2.61. The van der Waals surface area contributed by atoms with Crippen molar-refractivity contribution >= 4 is 0 Å². The van der Waals surface area contributed by atoms with Crippen LogP contribution in [0.25, 0.3) is 0 Å². The van der Waals surface area contributed by atoms with Crippen LogP contribution < -0.4 is 5.32 Å². The van der Waals surface area contributed by atoms with Crippen LogP contribution in [0.4, 0.5) is 0 Å². The second kappa shape index (κ2) is 9.91. The summed E-state index contributed by atoms with van der Waals surface area (Å²) < 4.78 is 0. The smallest absolute Gasteiger partial charge is 0.111 e. The van der Waals surface area contributed by atoms with Gasteiger partial charge in [0.1, 0.15) is 18.3 Å². The molecule has 24 heavy (non-hydrogen) atoms. The van der Waals surface area contributed by atoms with Crippen LogP contribution in [0, 0.1) is 0 Å². The Balaban J connectivity index is 1.62. The zero-order chi connectivity index (χ0) is 17.4. The summed E-state index contributed by atoms with van der Waals surface area (Å²) in [5, 5.41) is 41.9. The summed E-state index contributed by atoms with van der Waals surface area (Å²) in [6, 6.07) is 10.0. The van der Waals surface area contributed by atoms with Gasteiger partial charge < -0.3 is 25.7 Å². The van der Waals surface area contributed by atoms with Crippen molar-refractivity contribution in [3.8, 4) is 0 Å². The minimum absolute atomic E-state index is 0.317. The highest BCUT2D eigenvalue weighted by atomic mass is 16.4. The van der Waals surface area contributed by atoms with Gasteiger partial charge in [0, 0.05) is 0 Å². The molecule has 0 saturated heterocycles. The quantitative estimate of drug-likeness (QED) is 0.339. The van der Waals surface area contributed by atoms with E-state index in [1.54, 1.807) is 6.08 Å². The number of aryl methyl sites for hydroxylation is 1. The molecule has 1 aromatic carbocycles. The summed E-state index contributed by atoms with van der Waals surface area (Å²) >= 11 is 0. The Hall–Kier alpha value is -1.24. The van der Waals surface area contributed by atoms with E-state index in [9.17, 15) is 20.4 Å². The molecule has 5 nitrogen and oxygen atoms in total. The number of hydrogen-bond donors (Lipinski definition) is 5. The predicted octanol–water partition coefficient (Wildman–Crippen LogP) is 0.763. The molecular weight excluding hydrogens is 306 g/mol. The molecule has 0 bridgehead atoms. The fraction of sp³-hybridized carbons (Fsp3) is 0.579. The third kappa shape index (κ3) is 5.40. The number of aliphatic hydroxyl groups excluding tert-OH is 4. The van der Waals surface area contributed by atoms with E-state index in [0.29, 0.717) is 5.57 Å². The first-order valence-corrected chi connectivity index (χ1v) is 8.76.